The smallest absolute Gasteiger partial charge is 0.258 e. The lowest BCUT2D eigenvalue weighted by Gasteiger charge is -2.17. The number of likely N-dealkylation sites (N-methyl/N-ethyl adjacent to an activating group) is 1. The van der Waals surface area contributed by atoms with Gasteiger partial charge in [0, 0.05) is 43.3 Å². The number of aromatic nitrogens is 3. The molecule has 0 unspecified atom stereocenters. The largest absolute Gasteiger partial charge is 0.395 e. The van der Waals surface area contributed by atoms with E-state index in [2.05, 4.69) is 25.6 Å². The van der Waals surface area contributed by atoms with Gasteiger partial charge in [0.25, 0.3) is 5.91 Å². The van der Waals surface area contributed by atoms with Crippen LogP contribution in [0.15, 0.2) is 42.6 Å². The van der Waals surface area contributed by atoms with E-state index in [0.29, 0.717) is 29.8 Å². The number of anilines is 4. The number of aliphatic hydroxyl groups is 1. The van der Waals surface area contributed by atoms with Gasteiger partial charge in [0.05, 0.1) is 22.2 Å². The van der Waals surface area contributed by atoms with Gasteiger partial charge < -0.3 is 20.6 Å². The van der Waals surface area contributed by atoms with E-state index in [-0.39, 0.29) is 22.2 Å². The number of hydrogen-bond donors (Lipinski definition) is 3. The minimum atomic E-state index is -0.423. The number of nitrogens with zero attached hydrogens (tertiary/aromatic N) is 4. The molecule has 30 heavy (non-hydrogen) atoms. The maximum atomic E-state index is 12.6. The van der Waals surface area contributed by atoms with Crippen molar-refractivity contribution in [2.45, 2.75) is 6.92 Å². The number of hydrogen-bond acceptors (Lipinski definition) is 7. The third-order valence-electron chi connectivity index (χ3n) is 4.08. The first kappa shape index (κ1) is 21.8. The molecule has 2 heterocycles. The summed E-state index contributed by atoms with van der Waals surface area (Å²) < 4.78 is 0. The van der Waals surface area contributed by atoms with Crippen LogP contribution in [0.2, 0.25) is 10.0 Å². The molecule has 0 aliphatic heterocycles. The molecular formula is C20H20Cl2N6O2. The third kappa shape index (κ3) is 5.35. The standard InChI is InChI=1S/C20H20Cl2N6O2/c1-12-10-17(27-20(24-12)28(2)8-9-29)26-16-11-13(6-7-23-16)25-19(30)18-14(21)4-3-5-15(18)22/h3-7,10-11,29H,8-9H2,1-2H3,(H2,23,24,25,26,27,30). The molecule has 0 radical (unpaired) electrons. The van der Waals surface area contributed by atoms with Crippen molar-refractivity contribution >= 4 is 52.4 Å². The van der Waals surface area contributed by atoms with Crippen LogP contribution in [0.4, 0.5) is 23.3 Å². The van der Waals surface area contributed by atoms with Gasteiger partial charge in [-0.05, 0) is 25.1 Å². The van der Waals surface area contributed by atoms with E-state index in [1.165, 1.54) is 0 Å². The summed E-state index contributed by atoms with van der Waals surface area (Å²) >= 11 is 12.2. The Morgan fingerprint density at radius 3 is 2.57 bits per heavy atom. The molecule has 10 heteroatoms. The summed E-state index contributed by atoms with van der Waals surface area (Å²) in [7, 11) is 1.79. The Bertz CT molecular complexity index is 1040. The minimum Gasteiger partial charge on any atom is -0.395 e. The number of nitrogens with one attached hydrogen (secondary N) is 2. The molecular weight excluding hydrogens is 427 g/mol. The van der Waals surface area contributed by atoms with Crippen molar-refractivity contribution in [2.75, 3.05) is 35.7 Å². The maximum Gasteiger partial charge on any atom is 0.258 e. The Balaban J connectivity index is 1.79. The van der Waals surface area contributed by atoms with E-state index in [0.717, 1.165) is 5.69 Å². The van der Waals surface area contributed by atoms with Crippen LogP contribution in [-0.4, -0.2) is 46.2 Å². The Hall–Kier alpha value is -2.94. The quantitative estimate of drug-likeness (QED) is 0.505. The molecule has 0 aliphatic carbocycles. The van der Waals surface area contributed by atoms with Crippen molar-refractivity contribution in [2.24, 2.45) is 0 Å². The van der Waals surface area contributed by atoms with Crippen LogP contribution in [0.5, 0.6) is 0 Å². The highest BCUT2D eigenvalue weighted by atomic mass is 35.5. The monoisotopic (exact) mass is 446 g/mol. The van der Waals surface area contributed by atoms with Gasteiger partial charge in [0.2, 0.25) is 5.95 Å². The Kier molecular flexibility index (Phi) is 7.04. The summed E-state index contributed by atoms with van der Waals surface area (Å²) in [5, 5.41) is 15.5. The average molecular weight is 447 g/mol. The summed E-state index contributed by atoms with van der Waals surface area (Å²) in [4.78, 5) is 27.4. The normalized spacial score (nSPS) is 10.6. The SMILES string of the molecule is Cc1cc(Nc2cc(NC(=O)c3c(Cl)cccc3Cl)ccn2)nc(N(C)CCO)n1. The zero-order valence-electron chi connectivity index (χ0n) is 16.4. The molecule has 0 aliphatic rings. The van der Waals surface area contributed by atoms with Crippen molar-refractivity contribution in [3.63, 3.8) is 0 Å². The highest BCUT2D eigenvalue weighted by molar-refractivity contribution is 6.40. The molecule has 8 nitrogen and oxygen atoms in total. The van der Waals surface area contributed by atoms with Crippen molar-refractivity contribution in [1.82, 2.24) is 15.0 Å². The number of aryl methyl sites for hydroxylation is 1. The van der Waals surface area contributed by atoms with Gasteiger partial charge in [-0.2, -0.15) is 4.98 Å². The van der Waals surface area contributed by atoms with Gasteiger partial charge in [-0.3, -0.25) is 4.79 Å². The van der Waals surface area contributed by atoms with Crippen molar-refractivity contribution < 1.29 is 9.90 Å². The zero-order chi connectivity index (χ0) is 21.7. The lowest BCUT2D eigenvalue weighted by atomic mass is 10.2. The van der Waals surface area contributed by atoms with Crippen LogP contribution >= 0.6 is 23.2 Å². The maximum absolute atomic E-state index is 12.6. The second kappa shape index (κ2) is 9.71. The summed E-state index contributed by atoms with van der Waals surface area (Å²) in [6, 6.07) is 9.96. The van der Waals surface area contributed by atoms with Crippen LogP contribution in [0, 0.1) is 6.92 Å². The first-order chi connectivity index (χ1) is 14.4. The van der Waals surface area contributed by atoms with Gasteiger partial charge in [-0.1, -0.05) is 29.3 Å². The van der Waals surface area contributed by atoms with E-state index in [1.807, 2.05) is 6.92 Å². The van der Waals surface area contributed by atoms with Crippen LogP contribution in [0.3, 0.4) is 0 Å². The van der Waals surface area contributed by atoms with E-state index >= 15 is 0 Å². The number of amides is 1. The zero-order valence-corrected chi connectivity index (χ0v) is 17.9. The molecule has 3 aromatic rings. The van der Waals surface area contributed by atoms with Gasteiger partial charge in [0.1, 0.15) is 11.6 Å². The second-order valence-electron chi connectivity index (χ2n) is 6.45. The Morgan fingerprint density at radius 2 is 1.87 bits per heavy atom. The van der Waals surface area contributed by atoms with Crippen LogP contribution in [0.1, 0.15) is 16.1 Å². The lowest BCUT2D eigenvalue weighted by Crippen LogP contribution is -2.23. The molecule has 0 saturated heterocycles. The Morgan fingerprint density at radius 1 is 1.13 bits per heavy atom. The van der Waals surface area contributed by atoms with E-state index < -0.39 is 5.91 Å². The fraction of sp³-hybridized carbons (Fsp3) is 0.200. The molecule has 2 aromatic heterocycles. The third-order valence-corrected chi connectivity index (χ3v) is 4.71. The molecule has 0 saturated carbocycles. The van der Waals surface area contributed by atoms with Crippen LogP contribution < -0.4 is 15.5 Å². The van der Waals surface area contributed by atoms with Gasteiger partial charge in [-0.25, -0.2) is 9.97 Å². The topological polar surface area (TPSA) is 103 Å². The van der Waals surface area contributed by atoms with Crippen LogP contribution in [0.25, 0.3) is 0 Å². The predicted molar refractivity (Wildman–Crippen MR) is 119 cm³/mol. The first-order valence-corrected chi connectivity index (χ1v) is 9.79. The van der Waals surface area contributed by atoms with Crippen molar-refractivity contribution in [1.29, 1.82) is 0 Å². The van der Waals surface area contributed by atoms with Gasteiger partial charge in [-0.15, -0.1) is 0 Å². The van der Waals surface area contributed by atoms with Crippen LogP contribution in [-0.2, 0) is 0 Å². The lowest BCUT2D eigenvalue weighted by molar-refractivity contribution is 0.102. The summed E-state index contributed by atoms with van der Waals surface area (Å²) in [5.41, 5.74) is 1.47. The predicted octanol–water partition coefficient (Wildman–Crippen LogP) is 3.91. The molecule has 0 spiro atoms. The minimum absolute atomic E-state index is 0.00465. The molecule has 0 atom stereocenters. The first-order valence-electron chi connectivity index (χ1n) is 9.03. The molecule has 156 valence electrons. The van der Waals surface area contributed by atoms with E-state index in [1.54, 1.807) is 54.5 Å². The summed E-state index contributed by atoms with van der Waals surface area (Å²) in [5.74, 6) is 1.07. The fourth-order valence-corrected chi connectivity index (χ4v) is 3.22. The number of carbonyl (C=O) groups is 1. The molecule has 1 aromatic carbocycles. The highest BCUT2D eigenvalue weighted by Gasteiger charge is 2.15. The molecule has 0 fully saturated rings. The second-order valence-corrected chi connectivity index (χ2v) is 7.26. The Labute approximate surface area is 183 Å². The molecule has 1 amide bonds. The van der Waals surface area contributed by atoms with E-state index in [9.17, 15) is 4.79 Å². The van der Waals surface area contributed by atoms with Crippen molar-refractivity contribution in [3.8, 4) is 0 Å². The number of carbonyl (C=O) groups excluding carboxylic acids is 1. The summed E-state index contributed by atoms with van der Waals surface area (Å²) in [6.07, 6.45) is 1.55. The molecule has 0 bridgehead atoms. The number of benzene rings is 1. The number of halogens is 2. The number of pyridine rings is 1. The van der Waals surface area contributed by atoms with Gasteiger partial charge in [0.15, 0.2) is 0 Å². The molecule has 3 rings (SSSR count). The number of rotatable bonds is 7. The van der Waals surface area contributed by atoms with Gasteiger partial charge >= 0.3 is 0 Å². The van der Waals surface area contributed by atoms with Crippen molar-refractivity contribution in [3.05, 3.63) is 63.9 Å². The van der Waals surface area contributed by atoms with E-state index in [4.69, 9.17) is 28.3 Å². The summed E-state index contributed by atoms with van der Waals surface area (Å²) in [6.45, 7) is 2.25. The highest BCUT2D eigenvalue weighted by Crippen LogP contribution is 2.26. The fourth-order valence-electron chi connectivity index (χ4n) is 2.65. The number of aliphatic hydroxyl groups excluding tert-OH is 1. The average Bonchev–Trinajstić information content (AvgIpc) is 2.68. The molecule has 3 N–H and O–H groups in total.